The van der Waals surface area contributed by atoms with E-state index < -0.39 is 5.41 Å². The molecule has 0 radical (unpaired) electrons. The van der Waals surface area contributed by atoms with Gasteiger partial charge in [-0.2, -0.15) is 5.26 Å². The number of hydrogen-bond acceptors (Lipinski definition) is 1. The van der Waals surface area contributed by atoms with Crippen LogP contribution in [0.4, 0.5) is 0 Å². The monoisotopic (exact) mass is 213 g/mol. The fraction of sp³-hybridized carbons (Fsp3) is 0.300. The van der Waals surface area contributed by atoms with Crippen LogP contribution in [0.5, 0.6) is 0 Å². The van der Waals surface area contributed by atoms with Gasteiger partial charge in [-0.15, -0.1) is 0 Å². The molecule has 13 heavy (non-hydrogen) atoms. The van der Waals surface area contributed by atoms with Gasteiger partial charge in [0.1, 0.15) is 0 Å². The quantitative estimate of drug-likeness (QED) is 0.697. The predicted octanol–water partition coefficient (Wildman–Crippen LogP) is 3.79. The molecule has 0 spiro atoms. The molecule has 0 N–H and O–H groups in total. The van der Waals surface area contributed by atoms with E-state index in [9.17, 15) is 0 Å². The van der Waals surface area contributed by atoms with Crippen molar-refractivity contribution >= 4 is 23.2 Å². The van der Waals surface area contributed by atoms with Gasteiger partial charge in [-0.05, 0) is 31.5 Å². The Hall–Kier alpha value is -0.710. The highest BCUT2D eigenvalue weighted by Gasteiger charge is 2.22. The highest BCUT2D eigenvalue weighted by molar-refractivity contribution is 6.35. The lowest BCUT2D eigenvalue weighted by molar-refractivity contribution is 0.687. The zero-order chi connectivity index (χ0) is 10.1. The van der Waals surface area contributed by atoms with Crippen molar-refractivity contribution in [2.24, 2.45) is 0 Å². The number of nitriles is 1. The molecule has 0 aliphatic heterocycles. The minimum atomic E-state index is -0.568. The van der Waals surface area contributed by atoms with Crippen molar-refractivity contribution in [1.82, 2.24) is 0 Å². The fourth-order valence-electron chi connectivity index (χ4n) is 1.06. The Balaban J connectivity index is 3.26. The lowest BCUT2D eigenvalue weighted by Crippen LogP contribution is -2.14. The van der Waals surface area contributed by atoms with Crippen molar-refractivity contribution in [3.05, 3.63) is 33.8 Å². The van der Waals surface area contributed by atoms with Gasteiger partial charge in [-0.3, -0.25) is 0 Å². The van der Waals surface area contributed by atoms with E-state index in [2.05, 4.69) is 6.07 Å². The summed E-state index contributed by atoms with van der Waals surface area (Å²) in [5.74, 6) is 0. The summed E-state index contributed by atoms with van der Waals surface area (Å²) in [5, 5.41) is 10.0. The first-order valence-electron chi connectivity index (χ1n) is 3.84. The largest absolute Gasteiger partial charge is 0.197 e. The van der Waals surface area contributed by atoms with Gasteiger partial charge < -0.3 is 0 Å². The fourth-order valence-corrected chi connectivity index (χ4v) is 1.70. The van der Waals surface area contributed by atoms with Crippen LogP contribution in [0.3, 0.4) is 0 Å². The van der Waals surface area contributed by atoms with Gasteiger partial charge in [-0.25, -0.2) is 0 Å². The van der Waals surface area contributed by atoms with E-state index in [1.165, 1.54) is 0 Å². The maximum atomic E-state index is 8.90. The van der Waals surface area contributed by atoms with Gasteiger partial charge in [0, 0.05) is 10.0 Å². The van der Waals surface area contributed by atoms with Crippen molar-refractivity contribution < 1.29 is 0 Å². The van der Waals surface area contributed by atoms with Crippen LogP contribution in [0.25, 0.3) is 0 Å². The Labute approximate surface area is 87.9 Å². The standard InChI is InChI=1S/C10H9Cl2N/c1-10(2,6-13)8-4-3-7(11)5-9(8)12/h3-5H,1-2H3. The normalized spacial score (nSPS) is 11.0. The molecular weight excluding hydrogens is 205 g/mol. The molecule has 0 aliphatic carbocycles. The molecular formula is C10H9Cl2N. The first kappa shape index (κ1) is 10.4. The van der Waals surface area contributed by atoms with Crippen molar-refractivity contribution in [2.75, 3.05) is 0 Å². The summed E-state index contributed by atoms with van der Waals surface area (Å²) in [6.07, 6.45) is 0. The second-order valence-electron chi connectivity index (χ2n) is 3.36. The molecule has 68 valence electrons. The number of rotatable bonds is 1. The van der Waals surface area contributed by atoms with Crippen LogP contribution in [0.1, 0.15) is 19.4 Å². The summed E-state index contributed by atoms with van der Waals surface area (Å²) < 4.78 is 0. The Bertz CT molecular complexity index is 364. The van der Waals surface area contributed by atoms with Gasteiger partial charge in [0.25, 0.3) is 0 Å². The first-order valence-corrected chi connectivity index (χ1v) is 4.60. The average Bonchev–Trinajstić information content (AvgIpc) is 2.03. The Morgan fingerprint density at radius 1 is 1.31 bits per heavy atom. The number of nitrogens with zero attached hydrogens (tertiary/aromatic N) is 1. The molecule has 0 saturated heterocycles. The molecule has 0 heterocycles. The molecule has 1 aromatic rings. The van der Waals surface area contributed by atoms with E-state index in [4.69, 9.17) is 28.5 Å². The third-order valence-corrected chi connectivity index (χ3v) is 2.43. The summed E-state index contributed by atoms with van der Waals surface area (Å²) in [4.78, 5) is 0. The van der Waals surface area contributed by atoms with Gasteiger partial charge in [0.05, 0.1) is 11.5 Å². The Kier molecular flexibility index (Phi) is 2.85. The van der Waals surface area contributed by atoms with Crippen LogP contribution < -0.4 is 0 Å². The molecule has 3 heteroatoms. The van der Waals surface area contributed by atoms with E-state index in [0.717, 1.165) is 5.56 Å². The maximum Gasteiger partial charge on any atom is 0.0780 e. The molecule has 0 aliphatic rings. The van der Waals surface area contributed by atoms with Crippen LogP contribution in [-0.4, -0.2) is 0 Å². The lowest BCUT2D eigenvalue weighted by atomic mass is 9.86. The minimum absolute atomic E-state index is 0.541. The van der Waals surface area contributed by atoms with Gasteiger partial charge in [-0.1, -0.05) is 29.3 Å². The van der Waals surface area contributed by atoms with Crippen LogP contribution >= 0.6 is 23.2 Å². The topological polar surface area (TPSA) is 23.8 Å². The Morgan fingerprint density at radius 2 is 1.92 bits per heavy atom. The molecule has 0 amide bonds. The van der Waals surface area contributed by atoms with E-state index in [1.54, 1.807) is 18.2 Å². The molecule has 0 unspecified atom stereocenters. The van der Waals surface area contributed by atoms with Gasteiger partial charge in [0.2, 0.25) is 0 Å². The summed E-state index contributed by atoms with van der Waals surface area (Å²) in [7, 11) is 0. The second kappa shape index (κ2) is 3.57. The summed E-state index contributed by atoms with van der Waals surface area (Å²) >= 11 is 11.7. The van der Waals surface area contributed by atoms with E-state index in [0.29, 0.717) is 10.0 Å². The van der Waals surface area contributed by atoms with Crippen molar-refractivity contribution in [2.45, 2.75) is 19.3 Å². The first-order chi connectivity index (χ1) is 5.97. The van der Waals surface area contributed by atoms with Crippen molar-refractivity contribution in [3.8, 4) is 6.07 Å². The highest BCUT2D eigenvalue weighted by Crippen LogP contribution is 2.31. The number of halogens is 2. The number of benzene rings is 1. The SMILES string of the molecule is CC(C)(C#N)c1ccc(Cl)cc1Cl. The van der Waals surface area contributed by atoms with Crippen molar-refractivity contribution in [1.29, 1.82) is 5.26 Å². The zero-order valence-electron chi connectivity index (χ0n) is 7.44. The Morgan fingerprint density at radius 3 is 2.38 bits per heavy atom. The molecule has 1 rings (SSSR count). The van der Waals surface area contributed by atoms with Crippen LogP contribution in [0.2, 0.25) is 10.0 Å². The molecule has 0 aromatic heterocycles. The van der Waals surface area contributed by atoms with E-state index in [-0.39, 0.29) is 0 Å². The van der Waals surface area contributed by atoms with Gasteiger partial charge >= 0.3 is 0 Å². The van der Waals surface area contributed by atoms with Crippen LogP contribution in [0.15, 0.2) is 18.2 Å². The third kappa shape index (κ3) is 2.15. The van der Waals surface area contributed by atoms with Gasteiger partial charge in [0.15, 0.2) is 0 Å². The maximum absolute atomic E-state index is 8.90. The van der Waals surface area contributed by atoms with E-state index >= 15 is 0 Å². The predicted molar refractivity (Wildman–Crippen MR) is 55.1 cm³/mol. The molecule has 0 fully saturated rings. The molecule has 0 bridgehead atoms. The second-order valence-corrected chi connectivity index (χ2v) is 4.20. The molecule has 0 saturated carbocycles. The molecule has 0 atom stereocenters. The summed E-state index contributed by atoms with van der Waals surface area (Å²) in [6.45, 7) is 3.64. The lowest BCUT2D eigenvalue weighted by Gasteiger charge is -2.17. The molecule has 1 nitrogen and oxygen atoms in total. The number of hydrogen-bond donors (Lipinski definition) is 0. The van der Waals surface area contributed by atoms with Crippen LogP contribution in [0, 0.1) is 11.3 Å². The van der Waals surface area contributed by atoms with Crippen LogP contribution in [-0.2, 0) is 5.41 Å². The van der Waals surface area contributed by atoms with Crippen molar-refractivity contribution in [3.63, 3.8) is 0 Å². The third-order valence-electron chi connectivity index (χ3n) is 1.88. The minimum Gasteiger partial charge on any atom is -0.197 e. The summed E-state index contributed by atoms with van der Waals surface area (Å²) in [5.41, 5.74) is 0.239. The average molecular weight is 214 g/mol. The molecule has 1 aromatic carbocycles. The summed E-state index contributed by atoms with van der Waals surface area (Å²) in [6, 6.07) is 7.36. The van der Waals surface area contributed by atoms with E-state index in [1.807, 2.05) is 13.8 Å². The smallest absolute Gasteiger partial charge is 0.0780 e. The highest BCUT2D eigenvalue weighted by atomic mass is 35.5. The zero-order valence-corrected chi connectivity index (χ0v) is 8.95.